The minimum atomic E-state index is -1.36. The summed E-state index contributed by atoms with van der Waals surface area (Å²) >= 11 is 0. The zero-order valence-electron chi connectivity index (χ0n) is 8.84. The van der Waals surface area contributed by atoms with E-state index in [1.807, 2.05) is 0 Å². The first-order valence-corrected chi connectivity index (χ1v) is 5.12. The number of carboxylic acids is 1. The molecule has 1 unspecified atom stereocenters. The van der Waals surface area contributed by atoms with E-state index in [1.165, 1.54) is 0 Å². The fraction of sp³-hybridized carbons (Fsp3) is 0.700. The third kappa shape index (κ3) is 1.13. The smallest absolute Gasteiger partial charge is 0.334 e. The number of Topliss-reactive ketones (excluding diaryl/α,β-unsaturated/α-hetero) is 1. The third-order valence-corrected chi connectivity index (χ3v) is 3.68. The molecule has 16 heavy (non-hydrogen) atoms. The lowest BCUT2D eigenvalue weighted by molar-refractivity contribution is -0.158. The quantitative estimate of drug-likeness (QED) is 0.477. The Morgan fingerprint density at radius 2 is 2.19 bits per heavy atom. The van der Waals surface area contributed by atoms with Gasteiger partial charge in [-0.05, 0) is 6.42 Å². The second-order valence-electron chi connectivity index (χ2n) is 4.52. The number of β-lactam (4-membered cyclic amide) rings is 1. The number of hydrogen-bond donors (Lipinski definition) is 2. The maximum Gasteiger partial charge on any atom is 0.334 e. The van der Waals surface area contributed by atoms with Crippen molar-refractivity contribution in [2.24, 2.45) is 5.41 Å². The first-order valence-electron chi connectivity index (χ1n) is 5.12. The van der Waals surface area contributed by atoms with E-state index in [0.717, 1.165) is 4.90 Å². The van der Waals surface area contributed by atoms with E-state index in [2.05, 4.69) is 0 Å². The number of nitrogens with zero attached hydrogens (tertiary/aromatic N) is 1. The van der Waals surface area contributed by atoms with Crippen molar-refractivity contribution in [2.45, 2.75) is 31.8 Å². The number of amides is 1. The molecule has 2 fully saturated rings. The Kier molecular flexibility index (Phi) is 2.27. The molecule has 0 radical (unpaired) electrons. The average Bonchev–Trinajstić information content (AvgIpc) is 2.36. The zero-order chi connectivity index (χ0) is 12.1. The van der Waals surface area contributed by atoms with Crippen LogP contribution in [0.3, 0.4) is 0 Å². The van der Waals surface area contributed by atoms with Crippen LogP contribution >= 0.6 is 0 Å². The van der Waals surface area contributed by atoms with Crippen molar-refractivity contribution in [3.8, 4) is 0 Å². The maximum absolute atomic E-state index is 12.0. The Morgan fingerprint density at radius 3 is 2.56 bits per heavy atom. The lowest BCUT2D eigenvalue weighted by Crippen LogP contribution is -2.57. The molecular formula is C10H13NO5. The van der Waals surface area contributed by atoms with Crippen LogP contribution in [0.5, 0.6) is 0 Å². The molecule has 3 atom stereocenters. The van der Waals surface area contributed by atoms with Crippen LogP contribution in [-0.4, -0.2) is 51.5 Å². The average molecular weight is 227 g/mol. The van der Waals surface area contributed by atoms with Crippen LogP contribution in [0.2, 0.25) is 0 Å². The first-order chi connectivity index (χ1) is 7.43. The molecule has 88 valence electrons. The molecule has 2 N–H and O–H groups in total. The number of ketones is 1. The molecule has 0 aliphatic carbocycles. The molecule has 0 aromatic rings. The fourth-order valence-corrected chi connectivity index (χ4v) is 2.64. The van der Waals surface area contributed by atoms with Crippen molar-refractivity contribution in [1.29, 1.82) is 0 Å². The first kappa shape index (κ1) is 11.1. The van der Waals surface area contributed by atoms with Gasteiger partial charge in [-0.2, -0.15) is 0 Å². The molecule has 2 rings (SSSR count). The van der Waals surface area contributed by atoms with E-state index in [4.69, 9.17) is 10.2 Å². The summed E-state index contributed by atoms with van der Waals surface area (Å²) in [6, 6.07) is -1.72. The topological polar surface area (TPSA) is 94.9 Å². The Bertz CT molecular complexity index is 379. The van der Waals surface area contributed by atoms with Gasteiger partial charge in [0.15, 0.2) is 11.8 Å². The largest absolute Gasteiger partial charge is 0.479 e. The monoisotopic (exact) mass is 227 g/mol. The summed E-state index contributed by atoms with van der Waals surface area (Å²) in [7, 11) is 0. The third-order valence-electron chi connectivity index (χ3n) is 3.68. The fourth-order valence-electron chi connectivity index (χ4n) is 2.64. The van der Waals surface area contributed by atoms with Gasteiger partial charge in [-0.25, -0.2) is 4.79 Å². The number of aliphatic hydroxyl groups is 1. The van der Waals surface area contributed by atoms with Crippen molar-refractivity contribution in [1.82, 2.24) is 4.90 Å². The lowest BCUT2D eigenvalue weighted by Gasteiger charge is -2.41. The molecule has 1 amide bonds. The van der Waals surface area contributed by atoms with Crippen molar-refractivity contribution >= 4 is 17.7 Å². The second-order valence-corrected chi connectivity index (χ2v) is 4.52. The van der Waals surface area contributed by atoms with Gasteiger partial charge in [-0.3, -0.25) is 9.59 Å². The number of carboxylic acid groups (broad SMARTS) is 1. The van der Waals surface area contributed by atoms with Crippen LogP contribution < -0.4 is 0 Å². The molecular weight excluding hydrogens is 214 g/mol. The van der Waals surface area contributed by atoms with Gasteiger partial charge < -0.3 is 15.1 Å². The number of aliphatic hydroxyl groups excluding tert-OH is 1. The van der Waals surface area contributed by atoms with Crippen molar-refractivity contribution in [3.63, 3.8) is 0 Å². The Balaban J connectivity index is 2.36. The van der Waals surface area contributed by atoms with E-state index in [-0.39, 0.29) is 31.4 Å². The molecule has 0 aromatic heterocycles. The van der Waals surface area contributed by atoms with Crippen LogP contribution in [0.15, 0.2) is 0 Å². The molecule has 6 heteroatoms. The summed E-state index contributed by atoms with van der Waals surface area (Å²) in [5.41, 5.74) is -0.911. The van der Waals surface area contributed by atoms with E-state index in [9.17, 15) is 14.4 Å². The van der Waals surface area contributed by atoms with Crippen LogP contribution in [-0.2, 0) is 14.4 Å². The van der Waals surface area contributed by atoms with Gasteiger partial charge in [0.25, 0.3) is 0 Å². The predicted octanol–water partition coefficient (Wildman–Crippen LogP) is -0.988. The number of carbonyl (C=O) groups excluding carboxylic acids is 2. The van der Waals surface area contributed by atoms with Crippen molar-refractivity contribution in [2.75, 3.05) is 6.61 Å². The van der Waals surface area contributed by atoms with E-state index in [0.29, 0.717) is 0 Å². The van der Waals surface area contributed by atoms with Crippen LogP contribution in [0, 0.1) is 5.41 Å². The summed E-state index contributed by atoms with van der Waals surface area (Å²) in [5.74, 6) is -2.05. The molecule has 2 heterocycles. The van der Waals surface area contributed by atoms with Crippen LogP contribution in [0.4, 0.5) is 0 Å². The summed E-state index contributed by atoms with van der Waals surface area (Å²) < 4.78 is 0. The minimum absolute atomic E-state index is 0.187. The highest BCUT2D eigenvalue weighted by molar-refractivity contribution is 6.12. The Morgan fingerprint density at radius 1 is 1.56 bits per heavy atom. The highest BCUT2D eigenvalue weighted by Gasteiger charge is 2.65. The number of aliphatic carboxylic acids is 1. The minimum Gasteiger partial charge on any atom is -0.479 e. The van der Waals surface area contributed by atoms with Gasteiger partial charge in [-0.1, -0.05) is 6.92 Å². The van der Waals surface area contributed by atoms with E-state index >= 15 is 0 Å². The summed E-state index contributed by atoms with van der Waals surface area (Å²) in [6.07, 6.45) is 0.399. The molecule has 0 aromatic carbocycles. The maximum atomic E-state index is 12.0. The SMILES string of the molecule is C[C@]1(CCO)C(=O)C(C(=O)O)N2C(=O)C[C@@H]21. The van der Waals surface area contributed by atoms with Gasteiger partial charge in [0.2, 0.25) is 5.91 Å². The van der Waals surface area contributed by atoms with Gasteiger partial charge >= 0.3 is 5.97 Å². The van der Waals surface area contributed by atoms with E-state index in [1.54, 1.807) is 6.92 Å². The molecule has 2 aliphatic rings. The highest BCUT2D eigenvalue weighted by Crippen LogP contribution is 2.47. The van der Waals surface area contributed by atoms with Crippen LogP contribution in [0.25, 0.3) is 0 Å². The highest BCUT2D eigenvalue weighted by atomic mass is 16.4. The predicted molar refractivity (Wildman–Crippen MR) is 51.5 cm³/mol. The molecule has 2 aliphatic heterocycles. The number of carbonyl (C=O) groups is 3. The number of fused-ring (bicyclic) bond motifs is 1. The number of rotatable bonds is 3. The molecule has 2 saturated heterocycles. The summed E-state index contributed by atoms with van der Waals surface area (Å²) in [6.45, 7) is 1.44. The van der Waals surface area contributed by atoms with Gasteiger partial charge in [-0.15, -0.1) is 0 Å². The van der Waals surface area contributed by atoms with Crippen LogP contribution in [0.1, 0.15) is 19.8 Å². The second kappa shape index (κ2) is 3.28. The van der Waals surface area contributed by atoms with Gasteiger partial charge in [0.05, 0.1) is 11.5 Å². The number of hydrogen-bond acceptors (Lipinski definition) is 4. The molecule has 0 bridgehead atoms. The van der Waals surface area contributed by atoms with Crippen molar-refractivity contribution < 1.29 is 24.6 Å². The van der Waals surface area contributed by atoms with Gasteiger partial charge in [0.1, 0.15) is 0 Å². The summed E-state index contributed by atoms with van der Waals surface area (Å²) in [5, 5.41) is 17.9. The summed E-state index contributed by atoms with van der Waals surface area (Å²) in [4.78, 5) is 35.4. The Labute approximate surface area is 91.8 Å². The van der Waals surface area contributed by atoms with Gasteiger partial charge in [0, 0.05) is 13.0 Å². The molecule has 0 saturated carbocycles. The Hall–Kier alpha value is -1.43. The lowest BCUT2D eigenvalue weighted by atomic mass is 9.74. The normalized spacial score (nSPS) is 37.2. The molecule has 6 nitrogen and oxygen atoms in total. The van der Waals surface area contributed by atoms with E-state index < -0.39 is 23.2 Å². The van der Waals surface area contributed by atoms with Crippen molar-refractivity contribution in [3.05, 3.63) is 0 Å². The molecule has 0 spiro atoms. The standard InChI is InChI=1S/C10H13NO5/c1-10(2-3-12)5-4-6(13)11(5)7(8(10)14)9(15)16/h5,7,12H,2-4H2,1H3,(H,15,16)/t5-,7?,10-/m1/s1. The zero-order valence-corrected chi connectivity index (χ0v) is 8.84.